The molecule has 2 heterocycles. The molecule has 0 atom stereocenters. The lowest BCUT2D eigenvalue weighted by atomic mass is 10.2. The van der Waals surface area contributed by atoms with Crippen molar-refractivity contribution in [3.63, 3.8) is 0 Å². The van der Waals surface area contributed by atoms with E-state index in [2.05, 4.69) is 17.2 Å². The van der Waals surface area contributed by atoms with E-state index in [1.54, 1.807) is 10.9 Å². The molecular weight excluding hydrogens is 334 g/mol. The lowest BCUT2D eigenvalue weighted by molar-refractivity contribution is 0.103. The molecule has 0 fully saturated rings. The topological polar surface area (TPSA) is 64.0 Å². The molecular formula is C19H21N3O2S. The number of fused-ring (bicyclic) bond motifs is 1. The van der Waals surface area contributed by atoms with Crippen LogP contribution < -0.4 is 10.9 Å². The molecule has 1 aromatic carbocycles. The highest BCUT2D eigenvalue weighted by atomic mass is 32.1. The standard InChI is InChI=1S/C19H21N3O2S/c1-4-5-10-22-11-20-18-15(19(22)24)13(3)16(25-18)17(23)21-14-9-7-6-8-12(14)2/h6-9,11H,4-5,10H2,1-3H3,(H,21,23). The smallest absolute Gasteiger partial charge is 0.266 e. The Bertz CT molecular complexity index is 988. The molecule has 2 aromatic heterocycles. The minimum atomic E-state index is -0.200. The fraction of sp³-hybridized carbons (Fsp3) is 0.316. The number of carbonyl (C=O) groups is 1. The average molecular weight is 355 g/mol. The van der Waals surface area contributed by atoms with Crippen molar-refractivity contribution in [2.24, 2.45) is 0 Å². The summed E-state index contributed by atoms with van der Waals surface area (Å²) in [5.41, 5.74) is 2.41. The van der Waals surface area contributed by atoms with Crippen LogP contribution in [0.4, 0.5) is 5.69 Å². The first kappa shape index (κ1) is 17.4. The van der Waals surface area contributed by atoms with E-state index in [1.807, 2.05) is 38.1 Å². The van der Waals surface area contributed by atoms with Gasteiger partial charge in [0.25, 0.3) is 11.5 Å². The first-order chi connectivity index (χ1) is 12.0. The fourth-order valence-corrected chi connectivity index (χ4v) is 3.79. The van der Waals surface area contributed by atoms with Crippen LogP contribution in [0.15, 0.2) is 35.4 Å². The Morgan fingerprint density at radius 2 is 2.04 bits per heavy atom. The molecule has 3 aromatic rings. The molecule has 6 heteroatoms. The molecule has 0 saturated carbocycles. The number of para-hydroxylation sites is 1. The third-order valence-corrected chi connectivity index (χ3v) is 5.47. The zero-order valence-corrected chi connectivity index (χ0v) is 15.4. The van der Waals surface area contributed by atoms with Crippen LogP contribution in [-0.4, -0.2) is 15.5 Å². The minimum Gasteiger partial charge on any atom is -0.321 e. The van der Waals surface area contributed by atoms with Crippen molar-refractivity contribution in [1.29, 1.82) is 0 Å². The van der Waals surface area contributed by atoms with Crippen LogP contribution in [0.25, 0.3) is 10.2 Å². The molecule has 3 rings (SSSR count). The van der Waals surface area contributed by atoms with Crippen molar-refractivity contribution in [1.82, 2.24) is 9.55 Å². The molecule has 0 unspecified atom stereocenters. The highest BCUT2D eigenvalue weighted by Crippen LogP contribution is 2.28. The van der Waals surface area contributed by atoms with Gasteiger partial charge in [0.1, 0.15) is 4.83 Å². The number of aromatic nitrogens is 2. The van der Waals surface area contributed by atoms with E-state index in [0.29, 0.717) is 27.2 Å². The van der Waals surface area contributed by atoms with Gasteiger partial charge in [-0.3, -0.25) is 14.2 Å². The van der Waals surface area contributed by atoms with E-state index in [-0.39, 0.29) is 11.5 Å². The van der Waals surface area contributed by atoms with E-state index in [4.69, 9.17) is 0 Å². The van der Waals surface area contributed by atoms with Crippen LogP contribution >= 0.6 is 11.3 Å². The maximum absolute atomic E-state index is 12.7. The number of rotatable bonds is 5. The molecule has 130 valence electrons. The summed E-state index contributed by atoms with van der Waals surface area (Å²) in [7, 11) is 0. The van der Waals surface area contributed by atoms with Crippen LogP contribution in [0.1, 0.15) is 40.6 Å². The van der Waals surface area contributed by atoms with Gasteiger partial charge in [-0.15, -0.1) is 11.3 Å². The Hall–Kier alpha value is -2.47. The predicted molar refractivity (Wildman–Crippen MR) is 103 cm³/mol. The number of anilines is 1. The molecule has 0 radical (unpaired) electrons. The van der Waals surface area contributed by atoms with Crippen LogP contribution in [0.3, 0.4) is 0 Å². The summed E-state index contributed by atoms with van der Waals surface area (Å²) in [6.07, 6.45) is 3.52. The molecule has 1 amide bonds. The summed E-state index contributed by atoms with van der Waals surface area (Å²) in [5, 5.41) is 3.49. The van der Waals surface area contributed by atoms with Crippen LogP contribution in [0.2, 0.25) is 0 Å². The zero-order valence-electron chi connectivity index (χ0n) is 14.6. The lowest BCUT2D eigenvalue weighted by Gasteiger charge is -2.07. The van der Waals surface area contributed by atoms with Crippen molar-refractivity contribution in [2.45, 2.75) is 40.2 Å². The lowest BCUT2D eigenvalue weighted by Crippen LogP contribution is -2.20. The summed E-state index contributed by atoms with van der Waals surface area (Å²) in [4.78, 5) is 30.9. The molecule has 0 saturated heterocycles. The second-order valence-corrected chi connectivity index (χ2v) is 7.10. The third-order valence-electron chi connectivity index (χ3n) is 4.27. The van der Waals surface area contributed by atoms with Crippen molar-refractivity contribution in [3.8, 4) is 0 Å². The largest absolute Gasteiger partial charge is 0.321 e. The number of nitrogens with one attached hydrogen (secondary N) is 1. The number of thiophene rings is 1. The highest BCUT2D eigenvalue weighted by Gasteiger charge is 2.19. The molecule has 0 aliphatic carbocycles. The molecule has 0 aliphatic heterocycles. The number of hydrogen-bond acceptors (Lipinski definition) is 4. The van der Waals surface area contributed by atoms with Crippen molar-refractivity contribution in [3.05, 3.63) is 57.0 Å². The normalized spacial score (nSPS) is 11.0. The average Bonchev–Trinajstić information content (AvgIpc) is 2.94. The Morgan fingerprint density at radius 3 is 2.76 bits per heavy atom. The summed E-state index contributed by atoms with van der Waals surface area (Å²) in [5.74, 6) is -0.200. The number of amides is 1. The Kier molecular flexibility index (Phi) is 4.99. The monoisotopic (exact) mass is 355 g/mol. The Balaban J connectivity index is 1.99. The Labute approximate surface area is 150 Å². The second-order valence-electron chi connectivity index (χ2n) is 6.10. The molecule has 25 heavy (non-hydrogen) atoms. The van der Waals surface area contributed by atoms with E-state index in [0.717, 1.165) is 24.1 Å². The Morgan fingerprint density at radius 1 is 1.28 bits per heavy atom. The van der Waals surface area contributed by atoms with E-state index in [9.17, 15) is 9.59 Å². The number of unbranched alkanes of at least 4 members (excludes halogenated alkanes) is 1. The van der Waals surface area contributed by atoms with Gasteiger partial charge in [0.15, 0.2) is 0 Å². The molecule has 0 aliphatic rings. The van der Waals surface area contributed by atoms with Gasteiger partial charge in [-0.05, 0) is 37.5 Å². The maximum Gasteiger partial charge on any atom is 0.266 e. The third kappa shape index (κ3) is 3.35. The van der Waals surface area contributed by atoms with Crippen LogP contribution in [0.5, 0.6) is 0 Å². The maximum atomic E-state index is 12.7. The van der Waals surface area contributed by atoms with E-state index in [1.165, 1.54) is 11.3 Å². The van der Waals surface area contributed by atoms with Crippen molar-refractivity contribution < 1.29 is 4.79 Å². The number of hydrogen-bond donors (Lipinski definition) is 1. The van der Waals surface area contributed by atoms with E-state index >= 15 is 0 Å². The van der Waals surface area contributed by atoms with Gasteiger partial charge in [0, 0.05) is 12.2 Å². The van der Waals surface area contributed by atoms with Gasteiger partial charge in [-0.1, -0.05) is 31.5 Å². The van der Waals surface area contributed by atoms with Gasteiger partial charge in [-0.25, -0.2) is 4.98 Å². The minimum absolute atomic E-state index is 0.0675. The van der Waals surface area contributed by atoms with Gasteiger partial charge < -0.3 is 5.32 Å². The highest BCUT2D eigenvalue weighted by molar-refractivity contribution is 7.20. The van der Waals surface area contributed by atoms with Gasteiger partial charge >= 0.3 is 0 Å². The van der Waals surface area contributed by atoms with Crippen LogP contribution in [-0.2, 0) is 6.54 Å². The first-order valence-electron chi connectivity index (χ1n) is 8.38. The SMILES string of the molecule is CCCCn1cnc2sc(C(=O)Nc3ccccc3C)c(C)c2c1=O. The van der Waals surface area contributed by atoms with Crippen LogP contribution in [0, 0.1) is 13.8 Å². The van der Waals surface area contributed by atoms with Gasteiger partial charge in [0.2, 0.25) is 0 Å². The van der Waals surface area contributed by atoms with Crippen molar-refractivity contribution in [2.75, 3.05) is 5.32 Å². The number of carbonyl (C=O) groups excluding carboxylic acids is 1. The predicted octanol–water partition coefficient (Wildman–Crippen LogP) is 4.13. The van der Waals surface area contributed by atoms with Gasteiger partial charge in [0.05, 0.1) is 16.6 Å². The summed E-state index contributed by atoms with van der Waals surface area (Å²) in [6.45, 7) is 6.50. The molecule has 1 N–H and O–H groups in total. The first-order valence-corrected chi connectivity index (χ1v) is 9.20. The number of nitrogens with zero attached hydrogens (tertiary/aromatic N) is 2. The molecule has 0 bridgehead atoms. The summed E-state index contributed by atoms with van der Waals surface area (Å²) in [6, 6.07) is 7.62. The molecule has 5 nitrogen and oxygen atoms in total. The summed E-state index contributed by atoms with van der Waals surface area (Å²) < 4.78 is 1.63. The zero-order chi connectivity index (χ0) is 18.0. The second kappa shape index (κ2) is 7.19. The summed E-state index contributed by atoms with van der Waals surface area (Å²) >= 11 is 1.27. The van der Waals surface area contributed by atoms with Crippen molar-refractivity contribution >= 4 is 33.1 Å². The fourth-order valence-electron chi connectivity index (χ4n) is 2.76. The molecule has 0 spiro atoms. The number of aryl methyl sites for hydroxylation is 3. The van der Waals surface area contributed by atoms with E-state index < -0.39 is 0 Å². The number of benzene rings is 1. The quantitative estimate of drug-likeness (QED) is 0.748. The van der Waals surface area contributed by atoms with Gasteiger partial charge in [-0.2, -0.15) is 0 Å².